The van der Waals surface area contributed by atoms with Gasteiger partial charge in [-0.3, -0.25) is 0 Å². The van der Waals surface area contributed by atoms with Crippen molar-refractivity contribution in [2.24, 2.45) is 0 Å². The van der Waals surface area contributed by atoms with E-state index in [2.05, 4.69) is 25.7 Å². The van der Waals surface area contributed by atoms with E-state index in [1.165, 1.54) is 20.5 Å². The van der Waals surface area contributed by atoms with Crippen LogP contribution in [0.5, 0.6) is 0 Å². The maximum atomic E-state index is 11.5. The monoisotopic (exact) mass is 300 g/mol. The number of methoxy groups -OCH3 is 2. The fraction of sp³-hybridized carbons (Fsp3) is 0.273. The third-order valence-electron chi connectivity index (χ3n) is 2.03. The maximum Gasteiger partial charge on any atom is 0.357 e. The predicted octanol–water partition coefficient (Wildman–Crippen LogP) is 1.94. The molecule has 0 aliphatic rings. The lowest BCUT2D eigenvalue weighted by Crippen LogP contribution is -2.25. The molecule has 0 amide bonds. The summed E-state index contributed by atoms with van der Waals surface area (Å²) in [6, 6.07) is 5.40. The van der Waals surface area contributed by atoms with Crippen molar-refractivity contribution in [3.63, 3.8) is 0 Å². The molecule has 0 unspecified atom stereocenters. The van der Waals surface area contributed by atoms with E-state index < -0.39 is 5.97 Å². The Bertz CT molecular complexity index is 434. The molecular formula is C11H13BrN2O3. The zero-order valence-electron chi connectivity index (χ0n) is 9.81. The molecule has 92 valence electrons. The van der Waals surface area contributed by atoms with Crippen molar-refractivity contribution >= 4 is 27.7 Å². The lowest BCUT2D eigenvalue weighted by atomic mass is 10.4. The maximum absolute atomic E-state index is 11.5. The Morgan fingerprint density at radius 3 is 2.71 bits per heavy atom. The third kappa shape index (κ3) is 3.45. The highest BCUT2D eigenvalue weighted by atomic mass is 79.9. The summed E-state index contributed by atoms with van der Waals surface area (Å²) in [6.07, 6.45) is 1.31. The van der Waals surface area contributed by atoms with Gasteiger partial charge in [0.15, 0.2) is 5.70 Å². The molecule has 0 aliphatic heterocycles. The zero-order valence-corrected chi connectivity index (χ0v) is 11.4. The zero-order chi connectivity index (χ0) is 12.8. The van der Waals surface area contributed by atoms with Crippen molar-refractivity contribution < 1.29 is 14.3 Å². The van der Waals surface area contributed by atoms with E-state index >= 15 is 0 Å². The van der Waals surface area contributed by atoms with Crippen LogP contribution in [0, 0.1) is 0 Å². The molecule has 5 nitrogen and oxygen atoms in total. The molecule has 6 heteroatoms. The summed E-state index contributed by atoms with van der Waals surface area (Å²) >= 11 is 3.27. The number of aromatic nitrogens is 1. The minimum absolute atomic E-state index is 0.264. The highest BCUT2D eigenvalue weighted by Crippen LogP contribution is 2.18. The second kappa shape index (κ2) is 6.24. The molecule has 0 fully saturated rings. The van der Waals surface area contributed by atoms with Crippen LogP contribution < -0.4 is 4.90 Å². The first kappa shape index (κ1) is 13.5. The number of esters is 1. The van der Waals surface area contributed by atoms with Crippen LogP contribution >= 0.6 is 15.9 Å². The number of likely N-dealkylation sites (N-methyl/N-ethyl adjacent to an activating group) is 1. The van der Waals surface area contributed by atoms with Crippen LogP contribution in [0.2, 0.25) is 0 Å². The Morgan fingerprint density at radius 1 is 1.47 bits per heavy atom. The number of anilines is 1. The van der Waals surface area contributed by atoms with Crippen LogP contribution in [0.25, 0.3) is 0 Å². The van der Waals surface area contributed by atoms with E-state index in [1.807, 2.05) is 6.07 Å². The Balaban J connectivity index is 3.04. The van der Waals surface area contributed by atoms with Gasteiger partial charge >= 0.3 is 5.97 Å². The van der Waals surface area contributed by atoms with Crippen LogP contribution in [0.3, 0.4) is 0 Å². The standard InChI is InChI=1S/C11H13BrN2O3/c1-14(8(7-16-2)11(15)17-3)10-6-4-5-9(12)13-10/h4-7H,1-3H3/b8-7+. The number of nitrogens with zero attached hydrogens (tertiary/aromatic N) is 2. The summed E-state index contributed by atoms with van der Waals surface area (Å²) in [6.45, 7) is 0. The molecule has 0 N–H and O–H groups in total. The normalized spacial score (nSPS) is 10.9. The van der Waals surface area contributed by atoms with Gasteiger partial charge in [-0.15, -0.1) is 0 Å². The summed E-state index contributed by atoms with van der Waals surface area (Å²) in [5, 5.41) is 0. The second-order valence-corrected chi connectivity index (χ2v) is 3.92. The molecule has 0 saturated carbocycles. The molecule has 0 aromatic carbocycles. The summed E-state index contributed by atoms with van der Waals surface area (Å²) in [5.41, 5.74) is 0.264. The molecule has 0 radical (unpaired) electrons. The number of hydrogen-bond acceptors (Lipinski definition) is 5. The van der Waals surface area contributed by atoms with E-state index in [4.69, 9.17) is 4.74 Å². The van der Waals surface area contributed by atoms with Crippen molar-refractivity contribution in [2.75, 3.05) is 26.2 Å². The minimum atomic E-state index is -0.490. The second-order valence-electron chi connectivity index (χ2n) is 3.11. The van der Waals surface area contributed by atoms with E-state index in [0.717, 1.165) is 0 Å². The Labute approximate surface area is 108 Å². The Kier molecular flexibility index (Phi) is 4.96. The number of carbonyl (C=O) groups is 1. The molecule has 0 bridgehead atoms. The van der Waals surface area contributed by atoms with Gasteiger partial charge in [-0.1, -0.05) is 6.07 Å². The number of pyridine rings is 1. The van der Waals surface area contributed by atoms with E-state index in [-0.39, 0.29) is 5.70 Å². The molecule has 1 heterocycles. The molecule has 17 heavy (non-hydrogen) atoms. The first-order valence-corrected chi connectivity index (χ1v) is 5.57. The lowest BCUT2D eigenvalue weighted by Gasteiger charge is -2.19. The molecular weight excluding hydrogens is 288 g/mol. The van der Waals surface area contributed by atoms with Gasteiger partial charge in [0, 0.05) is 7.05 Å². The lowest BCUT2D eigenvalue weighted by molar-refractivity contribution is -0.136. The average Bonchev–Trinajstić information content (AvgIpc) is 2.34. The Hall–Kier alpha value is -1.56. The van der Waals surface area contributed by atoms with Gasteiger partial charge in [-0.05, 0) is 28.1 Å². The van der Waals surface area contributed by atoms with Crippen molar-refractivity contribution in [1.82, 2.24) is 4.98 Å². The van der Waals surface area contributed by atoms with Crippen molar-refractivity contribution in [1.29, 1.82) is 0 Å². The van der Waals surface area contributed by atoms with E-state index in [1.54, 1.807) is 24.1 Å². The van der Waals surface area contributed by atoms with Gasteiger partial charge in [0.2, 0.25) is 0 Å². The molecule has 0 spiro atoms. The molecule has 1 aromatic heterocycles. The number of rotatable bonds is 4. The van der Waals surface area contributed by atoms with Crippen molar-refractivity contribution in [3.8, 4) is 0 Å². The summed E-state index contributed by atoms with van der Waals surface area (Å²) in [4.78, 5) is 17.4. The summed E-state index contributed by atoms with van der Waals surface area (Å²) < 4.78 is 10.2. The SMILES string of the molecule is CO/C=C(\C(=O)OC)N(C)c1cccc(Br)n1. The number of halogens is 1. The van der Waals surface area contributed by atoms with Crippen LogP contribution in [0.4, 0.5) is 5.82 Å². The van der Waals surface area contributed by atoms with E-state index in [0.29, 0.717) is 10.4 Å². The van der Waals surface area contributed by atoms with Gasteiger partial charge in [0.25, 0.3) is 0 Å². The fourth-order valence-electron chi connectivity index (χ4n) is 1.19. The Morgan fingerprint density at radius 2 is 2.18 bits per heavy atom. The molecule has 0 atom stereocenters. The van der Waals surface area contributed by atoms with Crippen LogP contribution in [-0.2, 0) is 14.3 Å². The average molecular weight is 301 g/mol. The van der Waals surface area contributed by atoms with Crippen molar-refractivity contribution in [2.45, 2.75) is 0 Å². The molecule has 0 aliphatic carbocycles. The summed E-state index contributed by atoms with van der Waals surface area (Å²) in [7, 11) is 4.48. The van der Waals surface area contributed by atoms with Gasteiger partial charge in [0.05, 0.1) is 14.2 Å². The van der Waals surface area contributed by atoms with Crippen LogP contribution in [0.1, 0.15) is 0 Å². The van der Waals surface area contributed by atoms with Crippen molar-refractivity contribution in [3.05, 3.63) is 34.8 Å². The molecule has 1 rings (SSSR count). The fourth-order valence-corrected chi connectivity index (χ4v) is 1.52. The number of carbonyl (C=O) groups excluding carboxylic acids is 1. The smallest absolute Gasteiger partial charge is 0.357 e. The van der Waals surface area contributed by atoms with E-state index in [9.17, 15) is 4.79 Å². The summed E-state index contributed by atoms with van der Waals surface area (Å²) in [5.74, 6) is 0.115. The van der Waals surface area contributed by atoms with Crippen LogP contribution in [0.15, 0.2) is 34.8 Å². The number of ether oxygens (including phenoxy) is 2. The highest BCUT2D eigenvalue weighted by Gasteiger charge is 2.17. The third-order valence-corrected chi connectivity index (χ3v) is 2.47. The topological polar surface area (TPSA) is 51.7 Å². The predicted molar refractivity (Wildman–Crippen MR) is 67.4 cm³/mol. The van der Waals surface area contributed by atoms with Crippen LogP contribution in [-0.4, -0.2) is 32.2 Å². The van der Waals surface area contributed by atoms with Gasteiger partial charge in [-0.25, -0.2) is 9.78 Å². The van der Waals surface area contributed by atoms with Gasteiger partial charge < -0.3 is 14.4 Å². The quantitative estimate of drug-likeness (QED) is 0.368. The molecule has 0 saturated heterocycles. The number of hydrogen-bond donors (Lipinski definition) is 0. The first-order chi connectivity index (χ1) is 8.10. The molecule has 1 aromatic rings. The largest absolute Gasteiger partial charge is 0.502 e. The first-order valence-electron chi connectivity index (χ1n) is 4.77. The highest BCUT2D eigenvalue weighted by molar-refractivity contribution is 9.10. The minimum Gasteiger partial charge on any atom is -0.502 e. The van der Waals surface area contributed by atoms with Gasteiger partial charge in [0.1, 0.15) is 16.7 Å². The van der Waals surface area contributed by atoms with Gasteiger partial charge in [-0.2, -0.15) is 0 Å².